The average molecular weight is 306 g/mol. The number of carbonyl (C=O) groups excluding carboxylic acids is 1. The Labute approximate surface area is 132 Å². The molecule has 5 heteroatoms. The van der Waals surface area contributed by atoms with Crippen LogP contribution in [0.25, 0.3) is 0 Å². The number of hydrogen-bond acceptors (Lipinski definition) is 4. The summed E-state index contributed by atoms with van der Waals surface area (Å²) in [6.45, 7) is 8.40. The first kappa shape index (κ1) is 16.6. The Bertz CT molecular complexity index is 537. The molecule has 0 spiro atoms. The lowest BCUT2D eigenvalue weighted by Gasteiger charge is -2.19. The highest BCUT2D eigenvalue weighted by molar-refractivity contribution is 5.68. The van der Waals surface area contributed by atoms with E-state index in [0.717, 1.165) is 24.3 Å². The lowest BCUT2D eigenvalue weighted by molar-refractivity contribution is 0.0522. The van der Waals surface area contributed by atoms with Gasteiger partial charge in [0.15, 0.2) is 0 Å². The smallest absolute Gasteiger partial charge is 0.407 e. The minimum absolute atomic E-state index is 0.161. The third-order valence-corrected chi connectivity index (χ3v) is 3.52. The van der Waals surface area contributed by atoms with E-state index in [2.05, 4.69) is 22.8 Å². The van der Waals surface area contributed by atoms with Crippen LogP contribution in [-0.4, -0.2) is 30.9 Å². The van der Waals surface area contributed by atoms with Gasteiger partial charge in [-0.2, -0.15) is 0 Å². The Morgan fingerprint density at radius 2 is 2.05 bits per heavy atom. The summed E-state index contributed by atoms with van der Waals surface area (Å²) in [4.78, 5) is 11.7. The van der Waals surface area contributed by atoms with Crippen LogP contribution in [0, 0.1) is 6.92 Å². The van der Waals surface area contributed by atoms with E-state index in [1.165, 1.54) is 5.56 Å². The van der Waals surface area contributed by atoms with E-state index in [1.54, 1.807) is 7.11 Å². The summed E-state index contributed by atoms with van der Waals surface area (Å²) in [5.74, 6) is 0.902. The van der Waals surface area contributed by atoms with Gasteiger partial charge in [-0.25, -0.2) is 4.79 Å². The van der Waals surface area contributed by atoms with Gasteiger partial charge in [-0.05, 0) is 51.3 Å². The number of carbonyl (C=O) groups is 1. The minimum Gasteiger partial charge on any atom is -0.496 e. The highest BCUT2D eigenvalue weighted by atomic mass is 16.6. The number of alkyl carbamates (subject to hydrolysis) is 1. The third kappa shape index (κ3) is 4.91. The van der Waals surface area contributed by atoms with Crippen LogP contribution in [0.2, 0.25) is 0 Å². The lowest BCUT2D eigenvalue weighted by Crippen LogP contribution is -2.36. The van der Waals surface area contributed by atoms with Gasteiger partial charge in [-0.15, -0.1) is 0 Å². The van der Waals surface area contributed by atoms with E-state index in [0.29, 0.717) is 6.04 Å². The van der Waals surface area contributed by atoms with Crippen molar-refractivity contribution >= 4 is 6.09 Å². The first-order chi connectivity index (χ1) is 10.3. The molecule has 0 radical (unpaired) electrons. The first-order valence-corrected chi connectivity index (χ1v) is 7.65. The molecule has 0 saturated heterocycles. The summed E-state index contributed by atoms with van der Waals surface area (Å²) < 4.78 is 10.5. The predicted molar refractivity (Wildman–Crippen MR) is 86.1 cm³/mol. The number of amides is 1. The molecule has 1 fully saturated rings. The van der Waals surface area contributed by atoms with E-state index in [1.807, 2.05) is 33.8 Å². The molecule has 2 atom stereocenters. The number of aryl methyl sites for hydroxylation is 1. The molecule has 0 aliphatic heterocycles. The van der Waals surface area contributed by atoms with Crippen LogP contribution >= 0.6 is 0 Å². The monoisotopic (exact) mass is 306 g/mol. The third-order valence-electron chi connectivity index (χ3n) is 3.52. The van der Waals surface area contributed by atoms with Gasteiger partial charge in [-0.1, -0.05) is 12.1 Å². The molecule has 22 heavy (non-hydrogen) atoms. The molecule has 122 valence electrons. The van der Waals surface area contributed by atoms with Gasteiger partial charge in [0.25, 0.3) is 0 Å². The van der Waals surface area contributed by atoms with Crippen molar-refractivity contribution in [3.8, 4) is 5.75 Å². The molecule has 1 amide bonds. The van der Waals surface area contributed by atoms with Gasteiger partial charge in [0, 0.05) is 18.6 Å². The van der Waals surface area contributed by atoms with Crippen molar-refractivity contribution in [2.24, 2.45) is 0 Å². The molecule has 1 saturated carbocycles. The van der Waals surface area contributed by atoms with E-state index in [9.17, 15) is 4.79 Å². The fourth-order valence-electron chi connectivity index (χ4n) is 2.34. The van der Waals surface area contributed by atoms with Gasteiger partial charge < -0.3 is 20.1 Å². The van der Waals surface area contributed by atoms with Crippen LogP contribution in [0.4, 0.5) is 4.79 Å². The molecule has 1 aromatic rings. The van der Waals surface area contributed by atoms with Gasteiger partial charge in [0.1, 0.15) is 11.4 Å². The van der Waals surface area contributed by atoms with Crippen molar-refractivity contribution in [3.05, 3.63) is 29.3 Å². The largest absolute Gasteiger partial charge is 0.496 e. The van der Waals surface area contributed by atoms with Crippen LogP contribution in [0.15, 0.2) is 18.2 Å². The van der Waals surface area contributed by atoms with Crippen molar-refractivity contribution in [2.75, 3.05) is 7.11 Å². The molecular formula is C17H26N2O3. The molecule has 1 aromatic carbocycles. The second kappa shape index (κ2) is 6.57. The zero-order valence-corrected chi connectivity index (χ0v) is 14.0. The molecule has 0 bridgehead atoms. The van der Waals surface area contributed by atoms with Crippen LogP contribution < -0.4 is 15.4 Å². The van der Waals surface area contributed by atoms with Crippen LogP contribution in [0.1, 0.15) is 38.3 Å². The minimum atomic E-state index is -0.456. The zero-order valence-electron chi connectivity index (χ0n) is 14.0. The van der Waals surface area contributed by atoms with E-state index < -0.39 is 5.60 Å². The summed E-state index contributed by atoms with van der Waals surface area (Å²) in [6, 6.07) is 6.63. The molecule has 2 N–H and O–H groups in total. The van der Waals surface area contributed by atoms with Gasteiger partial charge >= 0.3 is 6.09 Å². The summed E-state index contributed by atoms with van der Waals surface area (Å²) >= 11 is 0. The van der Waals surface area contributed by atoms with Crippen LogP contribution in [-0.2, 0) is 11.3 Å². The Balaban J connectivity index is 1.74. The topological polar surface area (TPSA) is 59.6 Å². The summed E-state index contributed by atoms with van der Waals surface area (Å²) in [5, 5.41) is 6.33. The average Bonchev–Trinajstić information content (AvgIpc) is 3.12. The van der Waals surface area contributed by atoms with Crippen molar-refractivity contribution < 1.29 is 14.3 Å². The fourth-order valence-corrected chi connectivity index (χ4v) is 2.34. The number of methoxy groups -OCH3 is 1. The predicted octanol–water partition coefficient (Wildman–Crippen LogP) is 2.76. The summed E-state index contributed by atoms with van der Waals surface area (Å²) in [6.07, 6.45) is 0.594. The zero-order chi connectivity index (χ0) is 16.3. The number of nitrogens with one attached hydrogen (secondary N) is 2. The normalized spacial score (nSPS) is 20.4. The Kier molecular flexibility index (Phi) is 4.96. The van der Waals surface area contributed by atoms with E-state index in [-0.39, 0.29) is 12.1 Å². The highest BCUT2D eigenvalue weighted by Crippen LogP contribution is 2.23. The molecule has 1 aliphatic rings. The van der Waals surface area contributed by atoms with Crippen LogP contribution in [0.3, 0.4) is 0 Å². The number of rotatable bonds is 5. The standard InChI is InChI=1S/C17H26N2O3/c1-11-8-12(6-7-15(11)21-5)10-18-13-9-14(13)19-16(20)22-17(2,3)4/h6-8,13-14,18H,9-10H2,1-5H3,(H,19,20). The lowest BCUT2D eigenvalue weighted by atomic mass is 10.1. The van der Waals surface area contributed by atoms with Crippen molar-refractivity contribution in [2.45, 2.75) is 58.3 Å². The quantitative estimate of drug-likeness (QED) is 0.878. The molecule has 1 aliphatic carbocycles. The SMILES string of the molecule is COc1ccc(CNC2CC2NC(=O)OC(C)(C)C)cc1C. The van der Waals surface area contributed by atoms with Crippen LogP contribution in [0.5, 0.6) is 5.75 Å². The number of ether oxygens (including phenoxy) is 2. The Morgan fingerprint density at radius 3 is 2.64 bits per heavy atom. The summed E-state index contributed by atoms with van der Waals surface area (Å²) in [5.41, 5.74) is 1.88. The fraction of sp³-hybridized carbons (Fsp3) is 0.588. The maximum Gasteiger partial charge on any atom is 0.407 e. The second-order valence-corrected chi connectivity index (χ2v) is 6.78. The Hall–Kier alpha value is -1.75. The van der Waals surface area contributed by atoms with Gasteiger partial charge in [-0.3, -0.25) is 0 Å². The molecule has 0 aromatic heterocycles. The maximum atomic E-state index is 11.7. The van der Waals surface area contributed by atoms with E-state index in [4.69, 9.17) is 9.47 Å². The van der Waals surface area contributed by atoms with Crippen molar-refractivity contribution in [3.63, 3.8) is 0 Å². The molecule has 0 heterocycles. The van der Waals surface area contributed by atoms with Gasteiger partial charge in [0.05, 0.1) is 7.11 Å². The number of benzene rings is 1. The molecule has 2 rings (SSSR count). The van der Waals surface area contributed by atoms with Crippen molar-refractivity contribution in [1.29, 1.82) is 0 Å². The van der Waals surface area contributed by atoms with Crippen molar-refractivity contribution in [1.82, 2.24) is 10.6 Å². The second-order valence-electron chi connectivity index (χ2n) is 6.78. The van der Waals surface area contributed by atoms with Gasteiger partial charge in [0.2, 0.25) is 0 Å². The Morgan fingerprint density at radius 1 is 1.32 bits per heavy atom. The highest BCUT2D eigenvalue weighted by Gasteiger charge is 2.38. The number of hydrogen-bond donors (Lipinski definition) is 2. The first-order valence-electron chi connectivity index (χ1n) is 7.65. The summed E-state index contributed by atoms with van der Waals surface area (Å²) in [7, 11) is 1.68. The molecular weight excluding hydrogens is 280 g/mol. The van der Waals surface area contributed by atoms with E-state index >= 15 is 0 Å². The molecule has 5 nitrogen and oxygen atoms in total. The molecule has 2 unspecified atom stereocenters. The maximum absolute atomic E-state index is 11.7.